The molecule has 0 saturated heterocycles. The molecule has 3 heteroatoms. The average Bonchev–Trinajstić information content (AvgIpc) is 2.47. The van der Waals surface area contributed by atoms with Gasteiger partial charge in [-0.3, -0.25) is 0 Å². The minimum atomic E-state index is -0.158. The van der Waals surface area contributed by atoms with E-state index in [0.717, 1.165) is 30.8 Å². The molecule has 4 aliphatic carbocycles. The largest absolute Gasteiger partial charge is 0.391 e. The van der Waals surface area contributed by atoms with Crippen molar-refractivity contribution < 1.29 is 5.11 Å². The lowest BCUT2D eigenvalue weighted by molar-refractivity contribution is -0.118. The van der Waals surface area contributed by atoms with Gasteiger partial charge >= 0.3 is 0 Å². The molecule has 2 nitrogen and oxygen atoms in total. The summed E-state index contributed by atoms with van der Waals surface area (Å²) in [6.45, 7) is 1.62. The number of nitrogens with one attached hydrogen (secondary N) is 1. The van der Waals surface area contributed by atoms with Gasteiger partial charge in [-0.05, 0) is 67.3 Å². The number of hydrogen-bond acceptors (Lipinski definition) is 2. The summed E-state index contributed by atoms with van der Waals surface area (Å²) < 4.78 is 0. The Labute approximate surface area is 140 Å². The summed E-state index contributed by atoms with van der Waals surface area (Å²) in [6, 6.07) is 10.5. The molecule has 0 aliphatic heterocycles. The fraction of sp³-hybridized carbons (Fsp3) is 0.684. The minimum absolute atomic E-state index is 0. The Morgan fingerprint density at radius 1 is 1.00 bits per heavy atom. The second-order valence-electron chi connectivity index (χ2n) is 7.91. The number of hydrogen-bond donors (Lipinski definition) is 2. The smallest absolute Gasteiger partial charge is 0.0721 e. The quantitative estimate of drug-likeness (QED) is 0.865. The first-order valence-corrected chi connectivity index (χ1v) is 8.66. The van der Waals surface area contributed by atoms with Crippen LogP contribution in [0.3, 0.4) is 0 Å². The molecule has 4 bridgehead atoms. The lowest BCUT2D eigenvalue weighted by atomic mass is 9.48. The van der Waals surface area contributed by atoms with Gasteiger partial charge in [-0.2, -0.15) is 0 Å². The maximum atomic E-state index is 10.8. The molecule has 1 aromatic rings. The Kier molecular flexibility index (Phi) is 4.82. The first kappa shape index (κ1) is 16.3. The van der Waals surface area contributed by atoms with Crippen molar-refractivity contribution >= 4 is 12.4 Å². The Morgan fingerprint density at radius 2 is 1.55 bits per heavy atom. The number of rotatable bonds is 5. The van der Waals surface area contributed by atoms with Crippen molar-refractivity contribution in [3.63, 3.8) is 0 Å². The van der Waals surface area contributed by atoms with Gasteiger partial charge in [0.05, 0.1) is 6.10 Å². The van der Waals surface area contributed by atoms with Crippen molar-refractivity contribution in [1.29, 1.82) is 0 Å². The van der Waals surface area contributed by atoms with Crippen LogP contribution in [-0.2, 0) is 6.54 Å². The maximum absolute atomic E-state index is 10.8. The van der Waals surface area contributed by atoms with Gasteiger partial charge < -0.3 is 10.4 Å². The van der Waals surface area contributed by atoms with Crippen LogP contribution in [0.1, 0.15) is 44.1 Å². The van der Waals surface area contributed by atoms with Gasteiger partial charge in [0.15, 0.2) is 0 Å². The van der Waals surface area contributed by atoms with E-state index in [1.54, 1.807) is 0 Å². The molecule has 1 atom stereocenters. The van der Waals surface area contributed by atoms with E-state index in [1.165, 1.54) is 44.1 Å². The Balaban J connectivity index is 0.00000144. The second kappa shape index (κ2) is 6.51. The fourth-order valence-electron chi connectivity index (χ4n) is 5.75. The number of aliphatic hydroxyl groups excluding tert-OH is 1. The van der Waals surface area contributed by atoms with Crippen molar-refractivity contribution in [1.82, 2.24) is 5.32 Å². The van der Waals surface area contributed by atoms with Crippen LogP contribution in [0.15, 0.2) is 30.3 Å². The molecule has 122 valence electrons. The third-order valence-corrected chi connectivity index (χ3v) is 6.30. The molecule has 0 radical (unpaired) electrons. The highest BCUT2D eigenvalue weighted by atomic mass is 35.5. The number of halogens is 1. The van der Waals surface area contributed by atoms with Gasteiger partial charge in [-0.15, -0.1) is 12.4 Å². The Bertz CT molecular complexity index is 454. The van der Waals surface area contributed by atoms with Crippen LogP contribution >= 0.6 is 12.4 Å². The van der Waals surface area contributed by atoms with Crippen LogP contribution in [0.2, 0.25) is 0 Å². The van der Waals surface area contributed by atoms with E-state index >= 15 is 0 Å². The molecule has 0 aromatic heterocycles. The van der Waals surface area contributed by atoms with Crippen molar-refractivity contribution in [2.75, 3.05) is 6.54 Å². The zero-order chi connectivity index (χ0) is 14.3. The summed E-state index contributed by atoms with van der Waals surface area (Å²) in [6.07, 6.45) is 8.04. The van der Waals surface area contributed by atoms with E-state index in [2.05, 4.69) is 29.6 Å². The van der Waals surface area contributed by atoms with Crippen molar-refractivity contribution in [2.45, 2.75) is 51.2 Å². The predicted molar refractivity (Wildman–Crippen MR) is 92.0 cm³/mol. The van der Waals surface area contributed by atoms with Crippen molar-refractivity contribution in [3.8, 4) is 0 Å². The Hall–Kier alpha value is -0.570. The van der Waals surface area contributed by atoms with Crippen LogP contribution in [0.5, 0.6) is 0 Å². The van der Waals surface area contributed by atoms with E-state index in [9.17, 15) is 5.11 Å². The molecular weight excluding hydrogens is 294 g/mol. The lowest BCUT2D eigenvalue weighted by Gasteiger charge is -2.58. The molecule has 1 aromatic carbocycles. The van der Waals surface area contributed by atoms with Gasteiger partial charge in [-0.25, -0.2) is 0 Å². The predicted octanol–water partition coefficient (Wildman–Crippen LogP) is 3.78. The first-order chi connectivity index (χ1) is 10.2. The zero-order valence-corrected chi connectivity index (χ0v) is 14.0. The van der Waals surface area contributed by atoms with Gasteiger partial charge in [-0.1, -0.05) is 30.3 Å². The molecular formula is C19H28ClNO. The van der Waals surface area contributed by atoms with Gasteiger partial charge in [0.2, 0.25) is 0 Å². The monoisotopic (exact) mass is 321 g/mol. The van der Waals surface area contributed by atoms with Crippen molar-refractivity contribution in [3.05, 3.63) is 35.9 Å². The Morgan fingerprint density at radius 3 is 2.09 bits per heavy atom. The molecule has 0 spiro atoms. The van der Waals surface area contributed by atoms with Crippen LogP contribution in [-0.4, -0.2) is 17.8 Å². The summed E-state index contributed by atoms with van der Waals surface area (Å²) >= 11 is 0. The van der Waals surface area contributed by atoms with E-state index < -0.39 is 0 Å². The number of aliphatic hydroxyl groups is 1. The molecule has 2 N–H and O–H groups in total. The summed E-state index contributed by atoms with van der Waals surface area (Å²) in [5, 5.41) is 14.3. The summed E-state index contributed by atoms with van der Waals surface area (Å²) in [5.41, 5.74) is 1.55. The first-order valence-electron chi connectivity index (χ1n) is 8.66. The average molecular weight is 322 g/mol. The van der Waals surface area contributed by atoms with Crippen LogP contribution in [0, 0.1) is 23.2 Å². The van der Waals surface area contributed by atoms with Crippen molar-refractivity contribution in [2.24, 2.45) is 23.2 Å². The summed E-state index contributed by atoms with van der Waals surface area (Å²) in [7, 11) is 0. The molecule has 0 amide bonds. The topological polar surface area (TPSA) is 32.3 Å². The molecule has 1 unspecified atom stereocenters. The molecule has 0 heterocycles. The lowest BCUT2D eigenvalue weighted by Crippen LogP contribution is -2.54. The van der Waals surface area contributed by atoms with Crippen LogP contribution in [0.4, 0.5) is 0 Å². The second-order valence-corrected chi connectivity index (χ2v) is 7.91. The van der Waals surface area contributed by atoms with Gasteiger partial charge in [0.25, 0.3) is 0 Å². The molecule has 22 heavy (non-hydrogen) atoms. The van der Waals surface area contributed by atoms with E-state index in [1.807, 2.05) is 6.07 Å². The van der Waals surface area contributed by atoms with E-state index in [4.69, 9.17) is 0 Å². The zero-order valence-electron chi connectivity index (χ0n) is 13.2. The van der Waals surface area contributed by atoms with Gasteiger partial charge in [0.1, 0.15) is 0 Å². The fourth-order valence-corrected chi connectivity index (χ4v) is 5.75. The highest BCUT2D eigenvalue weighted by molar-refractivity contribution is 5.85. The maximum Gasteiger partial charge on any atom is 0.0721 e. The number of benzene rings is 1. The highest BCUT2D eigenvalue weighted by Crippen LogP contribution is 2.61. The molecule has 4 fully saturated rings. The van der Waals surface area contributed by atoms with E-state index in [0.29, 0.717) is 0 Å². The molecule has 4 aliphatic rings. The minimum Gasteiger partial charge on any atom is -0.391 e. The van der Waals surface area contributed by atoms with Crippen LogP contribution in [0.25, 0.3) is 0 Å². The SMILES string of the molecule is Cl.OC(CNCc1ccccc1)C12CC3CC(CC(C3)C1)C2. The normalized spacial score (nSPS) is 36.9. The highest BCUT2D eigenvalue weighted by Gasteiger charge is 2.53. The summed E-state index contributed by atoms with van der Waals surface area (Å²) in [4.78, 5) is 0. The van der Waals surface area contributed by atoms with Gasteiger partial charge in [0, 0.05) is 13.1 Å². The molecule has 5 rings (SSSR count). The van der Waals surface area contributed by atoms with E-state index in [-0.39, 0.29) is 23.9 Å². The summed E-state index contributed by atoms with van der Waals surface area (Å²) in [5.74, 6) is 2.75. The third-order valence-electron chi connectivity index (χ3n) is 6.30. The standard InChI is InChI=1S/C19H27NO.ClH/c21-18(13-20-12-14-4-2-1-3-5-14)19-9-15-6-16(10-19)8-17(7-15)11-19;/h1-5,15-18,20-21H,6-13H2;1H. The van der Waals surface area contributed by atoms with Crippen LogP contribution < -0.4 is 5.32 Å². The third kappa shape index (κ3) is 3.06. The molecule has 4 saturated carbocycles.